The number of carbonyl (C=O) groups is 2. The van der Waals surface area contributed by atoms with Gasteiger partial charge >= 0.3 is 0 Å². The molecule has 1 aliphatic heterocycles. The lowest BCUT2D eigenvalue weighted by Gasteiger charge is -2.42. The van der Waals surface area contributed by atoms with E-state index in [1.807, 2.05) is 86.3 Å². The van der Waals surface area contributed by atoms with Crippen molar-refractivity contribution < 1.29 is 19.8 Å². The van der Waals surface area contributed by atoms with Crippen LogP contribution in [0.15, 0.2) is 72.9 Å². The summed E-state index contributed by atoms with van der Waals surface area (Å²) >= 11 is 5.97. The number of piperazine rings is 1. The fraction of sp³-hybridized carbons (Fsp3) is 0.472. The van der Waals surface area contributed by atoms with E-state index in [9.17, 15) is 19.8 Å². The van der Waals surface area contributed by atoms with Crippen LogP contribution < -0.4 is 10.6 Å². The van der Waals surface area contributed by atoms with Gasteiger partial charge in [0.25, 0.3) is 0 Å². The molecule has 2 heterocycles. The molecule has 2 aromatic carbocycles. The van der Waals surface area contributed by atoms with Crippen LogP contribution in [0, 0.1) is 5.92 Å². The number of rotatable bonds is 11. The number of benzene rings is 2. The molecule has 0 saturated carbocycles. The zero-order chi connectivity index (χ0) is 32.8. The van der Waals surface area contributed by atoms with Gasteiger partial charge in [-0.2, -0.15) is 0 Å². The fourth-order valence-corrected chi connectivity index (χ4v) is 6.69. The summed E-state index contributed by atoms with van der Waals surface area (Å²) in [5.74, 6) is -0.823. The molecule has 3 aromatic rings. The molecule has 2 amide bonds. The van der Waals surface area contributed by atoms with Crippen LogP contribution in [-0.4, -0.2) is 86.8 Å². The molecule has 1 saturated heterocycles. The summed E-state index contributed by atoms with van der Waals surface area (Å²) < 4.78 is 0. The molecule has 10 heteroatoms. The highest BCUT2D eigenvalue weighted by atomic mass is 35.5. The Morgan fingerprint density at radius 1 is 1.02 bits per heavy atom. The van der Waals surface area contributed by atoms with Crippen molar-refractivity contribution in [2.45, 2.75) is 76.4 Å². The second-order valence-electron chi connectivity index (χ2n) is 13.7. The first-order valence-corrected chi connectivity index (χ1v) is 16.5. The molecule has 5 rings (SSSR count). The van der Waals surface area contributed by atoms with Gasteiger partial charge in [0.05, 0.1) is 18.2 Å². The Kier molecular flexibility index (Phi) is 11.1. The number of β-amino-alcohol motifs (C(OH)–C–C–N with tert-alkyl or cyclic N) is 1. The largest absolute Gasteiger partial charge is 0.392 e. The van der Waals surface area contributed by atoms with Gasteiger partial charge in [-0.15, -0.1) is 0 Å². The van der Waals surface area contributed by atoms with Crippen molar-refractivity contribution >= 4 is 23.4 Å². The van der Waals surface area contributed by atoms with Crippen LogP contribution in [0.5, 0.6) is 0 Å². The van der Waals surface area contributed by atoms with Crippen molar-refractivity contribution in [1.29, 1.82) is 0 Å². The number of aromatic nitrogens is 1. The Morgan fingerprint density at radius 2 is 1.76 bits per heavy atom. The highest BCUT2D eigenvalue weighted by Gasteiger charge is 2.37. The van der Waals surface area contributed by atoms with Gasteiger partial charge < -0.3 is 20.8 Å². The van der Waals surface area contributed by atoms with E-state index < -0.39 is 35.7 Å². The van der Waals surface area contributed by atoms with Crippen LogP contribution in [-0.2, 0) is 29.0 Å². The Morgan fingerprint density at radius 3 is 2.48 bits per heavy atom. The Balaban J connectivity index is 1.28. The molecule has 4 N–H and O–H groups in total. The van der Waals surface area contributed by atoms with Crippen LogP contribution >= 0.6 is 11.6 Å². The standard InChI is InChI=1S/C36H46ClN5O4/c1-36(2,3)40-35(46)30-23-41(21-25-13-14-32(37)38-20-25)15-16-42(30)22-28(43)18-27(17-24-9-5-4-6-10-24)34(45)39-33-29-12-8-7-11-26(29)19-31(33)44/h4-14,20,27-28,30-31,33,43-44H,15-19,21-23H2,1-3H3,(H,39,45)(H,40,46)/t27-,28+,30+,31-,33+/m1/s1. The summed E-state index contributed by atoms with van der Waals surface area (Å²) in [6, 6.07) is 20.3. The molecule has 246 valence electrons. The third-order valence-electron chi connectivity index (χ3n) is 8.77. The van der Waals surface area contributed by atoms with E-state index in [-0.39, 0.29) is 24.8 Å². The van der Waals surface area contributed by atoms with Crippen molar-refractivity contribution in [2.24, 2.45) is 5.92 Å². The molecular weight excluding hydrogens is 602 g/mol. The third kappa shape index (κ3) is 9.14. The minimum absolute atomic E-state index is 0.0916. The molecule has 0 bridgehead atoms. The minimum atomic E-state index is -0.850. The number of aliphatic hydroxyl groups excluding tert-OH is 2. The maximum absolute atomic E-state index is 13.8. The van der Waals surface area contributed by atoms with Crippen molar-refractivity contribution in [3.8, 4) is 0 Å². The highest BCUT2D eigenvalue weighted by molar-refractivity contribution is 6.29. The second kappa shape index (κ2) is 15.0. The van der Waals surface area contributed by atoms with Crippen molar-refractivity contribution in [1.82, 2.24) is 25.4 Å². The maximum Gasteiger partial charge on any atom is 0.239 e. The van der Waals surface area contributed by atoms with Gasteiger partial charge in [0.15, 0.2) is 0 Å². The predicted octanol–water partition coefficient (Wildman–Crippen LogP) is 3.52. The molecule has 2 aliphatic rings. The molecule has 1 fully saturated rings. The summed E-state index contributed by atoms with van der Waals surface area (Å²) in [7, 11) is 0. The van der Waals surface area contributed by atoms with Crippen molar-refractivity contribution in [3.05, 3.63) is 100 Å². The van der Waals surface area contributed by atoms with E-state index in [1.165, 1.54) is 0 Å². The second-order valence-corrected chi connectivity index (χ2v) is 14.1. The van der Waals surface area contributed by atoms with Crippen molar-refractivity contribution in [3.63, 3.8) is 0 Å². The summed E-state index contributed by atoms with van der Waals surface area (Å²) in [5, 5.41) is 28.9. The number of hydrogen-bond acceptors (Lipinski definition) is 7. The predicted molar refractivity (Wildman–Crippen MR) is 179 cm³/mol. The van der Waals surface area contributed by atoms with Gasteiger partial charge in [-0.05, 0) is 61.9 Å². The van der Waals surface area contributed by atoms with Gasteiger partial charge in [0.1, 0.15) is 11.2 Å². The molecule has 0 spiro atoms. The number of carbonyl (C=O) groups excluding carboxylic acids is 2. The first kappa shape index (κ1) is 34.0. The van der Waals surface area contributed by atoms with Crippen LogP contribution in [0.4, 0.5) is 0 Å². The summed E-state index contributed by atoms with van der Waals surface area (Å²) in [6.45, 7) is 8.54. The third-order valence-corrected chi connectivity index (χ3v) is 8.99. The van der Waals surface area contributed by atoms with E-state index in [2.05, 4.69) is 20.5 Å². The van der Waals surface area contributed by atoms with E-state index >= 15 is 0 Å². The van der Waals surface area contributed by atoms with Crippen LogP contribution in [0.25, 0.3) is 0 Å². The van der Waals surface area contributed by atoms with Gasteiger partial charge in [0, 0.05) is 56.8 Å². The first-order valence-electron chi connectivity index (χ1n) is 16.1. The first-order chi connectivity index (χ1) is 21.9. The number of nitrogens with zero attached hydrogens (tertiary/aromatic N) is 3. The quantitative estimate of drug-likeness (QED) is 0.235. The average Bonchev–Trinajstić information content (AvgIpc) is 3.32. The van der Waals surface area contributed by atoms with E-state index in [1.54, 1.807) is 12.3 Å². The molecule has 46 heavy (non-hydrogen) atoms. The molecular formula is C36H46ClN5O4. The number of halogens is 1. The van der Waals surface area contributed by atoms with Crippen LogP contribution in [0.2, 0.25) is 5.15 Å². The number of hydrogen-bond donors (Lipinski definition) is 4. The van der Waals surface area contributed by atoms with Crippen molar-refractivity contribution in [2.75, 3.05) is 26.2 Å². The van der Waals surface area contributed by atoms with E-state index in [0.717, 1.165) is 22.3 Å². The number of amides is 2. The van der Waals surface area contributed by atoms with Gasteiger partial charge in [-0.25, -0.2) is 4.98 Å². The Hall–Kier alpha value is -3.34. The topological polar surface area (TPSA) is 118 Å². The Labute approximate surface area is 277 Å². The molecule has 0 radical (unpaired) electrons. The monoisotopic (exact) mass is 647 g/mol. The Bertz CT molecular complexity index is 1470. The molecule has 5 atom stereocenters. The zero-order valence-electron chi connectivity index (χ0n) is 26.9. The summed E-state index contributed by atoms with van der Waals surface area (Å²) in [4.78, 5) is 35.8. The number of aliphatic hydroxyl groups is 2. The number of nitrogens with one attached hydrogen (secondary N) is 2. The van der Waals surface area contributed by atoms with Gasteiger partial charge in [-0.1, -0.05) is 72.3 Å². The van der Waals surface area contributed by atoms with Gasteiger partial charge in [0.2, 0.25) is 11.8 Å². The van der Waals surface area contributed by atoms with Crippen LogP contribution in [0.3, 0.4) is 0 Å². The summed E-state index contributed by atoms with van der Waals surface area (Å²) in [5.41, 5.74) is 3.56. The molecule has 0 unspecified atom stereocenters. The van der Waals surface area contributed by atoms with Crippen LogP contribution in [0.1, 0.15) is 55.5 Å². The zero-order valence-corrected chi connectivity index (χ0v) is 27.7. The normalized spacial score (nSPS) is 21.7. The minimum Gasteiger partial charge on any atom is -0.392 e. The van der Waals surface area contributed by atoms with E-state index in [0.29, 0.717) is 44.2 Å². The highest BCUT2D eigenvalue weighted by Crippen LogP contribution is 2.32. The smallest absolute Gasteiger partial charge is 0.239 e. The molecule has 1 aliphatic carbocycles. The fourth-order valence-electron chi connectivity index (χ4n) is 6.57. The molecule has 1 aromatic heterocycles. The number of fused-ring (bicyclic) bond motifs is 1. The van der Waals surface area contributed by atoms with Gasteiger partial charge in [-0.3, -0.25) is 19.4 Å². The number of pyridine rings is 1. The average molecular weight is 648 g/mol. The summed E-state index contributed by atoms with van der Waals surface area (Å²) in [6.07, 6.45) is 1.36. The lowest BCUT2D eigenvalue weighted by molar-refractivity contribution is -0.132. The maximum atomic E-state index is 13.8. The van der Waals surface area contributed by atoms with E-state index in [4.69, 9.17) is 11.6 Å². The lowest BCUT2D eigenvalue weighted by Crippen LogP contribution is -2.61. The SMILES string of the molecule is CC(C)(C)NC(=O)[C@@H]1CN(Cc2ccc(Cl)nc2)CCN1C[C@@H](O)C[C@@H](Cc1ccccc1)C(=O)N[C@H]1c2ccccc2C[C@H]1O. The lowest BCUT2D eigenvalue weighted by atomic mass is 9.91. The molecule has 9 nitrogen and oxygen atoms in total.